The minimum absolute atomic E-state index is 0.175. The molecule has 26 heavy (non-hydrogen) atoms. The van der Waals surface area contributed by atoms with E-state index in [4.69, 9.17) is 0 Å². The quantitative estimate of drug-likeness (QED) is 0.829. The number of amides is 2. The van der Waals surface area contributed by atoms with E-state index in [0.717, 1.165) is 30.5 Å². The summed E-state index contributed by atoms with van der Waals surface area (Å²) < 4.78 is 0. The number of carbonyl (C=O) groups is 2. The number of pyridine rings is 1. The first-order valence-electron chi connectivity index (χ1n) is 9.24. The van der Waals surface area contributed by atoms with E-state index in [-0.39, 0.29) is 6.04 Å². The molecule has 1 aliphatic rings. The number of aromatic nitrogens is 1. The van der Waals surface area contributed by atoms with Crippen LogP contribution in [-0.2, 0) is 22.4 Å². The summed E-state index contributed by atoms with van der Waals surface area (Å²) in [6, 6.07) is 11.5. The van der Waals surface area contributed by atoms with Gasteiger partial charge in [0, 0.05) is 5.69 Å². The maximum atomic E-state index is 12.3. The van der Waals surface area contributed by atoms with Crippen LogP contribution in [0.5, 0.6) is 0 Å². The molecule has 1 aromatic heterocycles. The van der Waals surface area contributed by atoms with E-state index in [1.54, 1.807) is 12.1 Å². The number of aryl methyl sites for hydroxylation is 3. The van der Waals surface area contributed by atoms with Crippen molar-refractivity contribution in [3.63, 3.8) is 0 Å². The molecule has 0 saturated heterocycles. The minimum atomic E-state index is -0.695. The summed E-state index contributed by atoms with van der Waals surface area (Å²) in [7, 11) is 0. The second-order valence-electron chi connectivity index (χ2n) is 6.79. The largest absolute Gasteiger partial charge is 0.341 e. The summed E-state index contributed by atoms with van der Waals surface area (Å²) in [5.41, 5.74) is 4.62. The highest BCUT2D eigenvalue weighted by atomic mass is 16.2. The number of fused-ring (bicyclic) bond motifs is 1. The van der Waals surface area contributed by atoms with Crippen molar-refractivity contribution in [1.82, 2.24) is 10.3 Å². The predicted octanol–water partition coefficient (Wildman–Crippen LogP) is 3.47. The van der Waals surface area contributed by atoms with Gasteiger partial charge in [0.05, 0.1) is 6.04 Å². The molecule has 0 aliphatic heterocycles. The van der Waals surface area contributed by atoms with Gasteiger partial charge in [0.15, 0.2) is 0 Å². The zero-order chi connectivity index (χ0) is 18.5. The molecule has 0 saturated carbocycles. The molecule has 5 heteroatoms. The Kier molecular flexibility index (Phi) is 5.66. The Morgan fingerprint density at radius 2 is 1.85 bits per heavy atom. The molecular weight excluding hydrogens is 326 g/mol. The van der Waals surface area contributed by atoms with Gasteiger partial charge in [-0.3, -0.25) is 9.59 Å². The van der Waals surface area contributed by atoms with Gasteiger partial charge in [0.2, 0.25) is 0 Å². The standard InChI is InChI=1S/C21H25N3O2/c1-3-18(17-12-11-15-8-4-5-9-16(15)13-17)23-20(25)21(26)24-19-10-6-7-14(2)22-19/h6-7,10-13,18H,3-5,8-9H2,1-2H3,(H,23,25)(H,22,24,26). The highest BCUT2D eigenvalue weighted by molar-refractivity contribution is 6.39. The van der Waals surface area contributed by atoms with Crippen LogP contribution in [0.15, 0.2) is 36.4 Å². The molecule has 1 unspecified atom stereocenters. The summed E-state index contributed by atoms with van der Waals surface area (Å²) in [5.74, 6) is -0.954. The van der Waals surface area contributed by atoms with Gasteiger partial charge in [-0.2, -0.15) is 0 Å². The van der Waals surface area contributed by atoms with Crippen molar-refractivity contribution in [2.75, 3.05) is 5.32 Å². The lowest BCUT2D eigenvalue weighted by molar-refractivity contribution is -0.136. The minimum Gasteiger partial charge on any atom is -0.341 e. The number of benzene rings is 1. The molecular formula is C21H25N3O2. The maximum absolute atomic E-state index is 12.3. The van der Waals surface area contributed by atoms with Crippen LogP contribution in [0.25, 0.3) is 0 Å². The summed E-state index contributed by atoms with van der Waals surface area (Å²) in [4.78, 5) is 28.7. The summed E-state index contributed by atoms with van der Waals surface area (Å²) in [6.45, 7) is 3.84. The third-order valence-electron chi connectivity index (χ3n) is 4.82. The highest BCUT2D eigenvalue weighted by Crippen LogP contribution is 2.26. The van der Waals surface area contributed by atoms with Gasteiger partial charge in [0.25, 0.3) is 0 Å². The Balaban J connectivity index is 1.67. The first-order valence-corrected chi connectivity index (χ1v) is 9.24. The van der Waals surface area contributed by atoms with Gasteiger partial charge in [-0.25, -0.2) is 4.98 Å². The Bertz CT molecular complexity index is 817. The Morgan fingerprint density at radius 1 is 1.08 bits per heavy atom. The fourth-order valence-electron chi connectivity index (χ4n) is 3.40. The molecule has 0 radical (unpaired) electrons. The molecule has 1 heterocycles. The molecule has 2 aromatic rings. The van der Waals surface area contributed by atoms with Gasteiger partial charge in [-0.15, -0.1) is 0 Å². The van der Waals surface area contributed by atoms with Crippen LogP contribution >= 0.6 is 0 Å². The maximum Gasteiger partial charge on any atom is 0.314 e. The lowest BCUT2D eigenvalue weighted by Crippen LogP contribution is -2.37. The molecule has 2 N–H and O–H groups in total. The molecule has 136 valence electrons. The van der Waals surface area contributed by atoms with Crippen LogP contribution in [0.1, 0.15) is 54.6 Å². The third kappa shape index (κ3) is 4.28. The van der Waals surface area contributed by atoms with Crippen LogP contribution in [0, 0.1) is 6.92 Å². The summed E-state index contributed by atoms with van der Waals surface area (Å²) in [5, 5.41) is 5.40. The van der Waals surface area contributed by atoms with Crippen molar-refractivity contribution < 1.29 is 9.59 Å². The molecule has 0 spiro atoms. The van der Waals surface area contributed by atoms with Crippen molar-refractivity contribution in [3.05, 3.63) is 58.8 Å². The lowest BCUT2D eigenvalue weighted by Gasteiger charge is -2.21. The smallest absolute Gasteiger partial charge is 0.314 e. The van der Waals surface area contributed by atoms with E-state index in [2.05, 4.69) is 33.8 Å². The van der Waals surface area contributed by atoms with Gasteiger partial charge in [-0.1, -0.05) is 31.2 Å². The van der Waals surface area contributed by atoms with Crippen LogP contribution in [0.2, 0.25) is 0 Å². The Morgan fingerprint density at radius 3 is 2.58 bits per heavy atom. The Labute approximate surface area is 154 Å². The van der Waals surface area contributed by atoms with Crippen molar-refractivity contribution in [1.29, 1.82) is 0 Å². The lowest BCUT2D eigenvalue weighted by atomic mass is 9.89. The molecule has 5 nitrogen and oxygen atoms in total. The normalized spacial score (nSPS) is 14.2. The van der Waals surface area contributed by atoms with Gasteiger partial charge < -0.3 is 10.6 Å². The van der Waals surface area contributed by atoms with E-state index >= 15 is 0 Å². The summed E-state index contributed by atoms with van der Waals surface area (Å²) in [6.07, 6.45) is 5.40. The Hall–Kier alpha value is -2.69. The van der Waals surface area contributed by atoms with Crippen molar-refractivity contribution >= 4 is 17.6 Å². The number of anilines is 1. The third-order valence-corrected chi connectivity index (χ3v) is 4.82. The highest BCUT2D eigenvalue weighted by Gasteiger charge is 2.20. The molecule has 0 bridgehead atoms. The van der Waals surface area contributed by atoms with Crippen molar-refractivity contribution in [3.8, 4) is 0 Å². The van der Waals surface area contributed by atoms with E-state index in [1.807, 2.05) is 19.9 Å². The number of carbonyl (C=O) groups excluding carboxylic acids is 2. The number of nitrogens with zero attached hydrogens (tertiary/aromatic N) is 1. The average molecular weight is 351 g/mol. The zero-order valence-electron chi connectivity index (χ0n) is 15.3. The van der Waals surface area contributed by atoms with Crippen LogP contribution < -0.4 is 10.6 Å². The number of nitrogens with one attached hydrogen (secondary N) is 2. The first-order chi connectivity index (χ1) is 12.6. The number of hydrogen-bond donors (Lipinski definition) is 2. The fraction of sp³-hybridized carbons (Fsp3) is 0.381. The van der Waals surface area contributed by atoms with Gasteiger partial charge in [-0.05, 0) is 67.9 Å². The summed E-state index contributed by atoms with van der Waals surface area (Å²) >= 11 is 0. The van der Waals surface area contributed by atoms with E-state index in [9.17, 15) is 9.59 Å². The second-order valence-corrected chi connectivity index (χ2v) is 6.79. The molecule has 1 atom stereocenters. The second kappa shape index (κ2) is 8.13. The molecule has 0 fully saturated rings. The molecule has 2 amide bonds. The van der Waals surface area contributed by atoms with E-state index in [0.29, 0.717) is 5.82 Å². The zero-order valence-corrected chi connectivity index (χ0v) is 15.3. The van der Waals surface area contributed by atoms with Gasteiger partial charge >= 0.3 is 11.8 Å². The monoisotopic (exact) mass is 351 g/mol. The SMILES string of the molecule is CCC(NC(=O)C(=O)Nc1cccc(C)n1)c1ccc2c(c1)CCCC2. The van der Waals surface area contributed by atoms with Crippen LogP contribution in [-0.4, -0.2) is 16.8 Å². The average Bonchev–Trinajstić information content (AvgIpc) is 2.65. The topological polar surface area (TPSA) is 71.1 Å². The van der Waals surface area contributed by atoms with Gasteiger partial charge in [0.1, 0.15) is 5.82 Å². The van der Waals surface area contributed by atoms with E-state index < -0.39 is 11.8 Å². The fourth-order valence-corrected chi connectivity index (χ4v) is 3.40. The molecule has 1 aliphatic carbocycles. The van der Waals surface area contributed by atoms with Crippen LogP contribution in [0.3, 0.4) is 0 Å². The van der Waals surface area contributed by atoms with Crippen molar-refractivity contribution in [2.45, 2.75) is 52.0 Å². The van der Waals surface area contributed by atoms with Crippen LogP contribution in [0.4, 0.5) is 5.82 Å². The number of hydrogen-bond acceptors (Lipinski definition) is 3. The van der Waals surface area contributed by atoms with Crippen molar-refractivity contribution in [2.24, 2.45) is 0 Å². The molecule has 3 rings (SSSR count). The first kappa shape index (κ1) is 18.1. The molecule has 1 aromatic carbocycles. The number of rotatable bonds is 4. The predicted molar refractivity (Wildman–Crippen MR) is 102 cm³/mol. The van der Waals surface area contributed by atoms with E-state index in [1.165, 1.54) is 24.0 Å².